The summed E-state index contributed by atoms with van der Waals surface area (Å²) in [6.07, 6.45) is 4.37. The number of nitrogens with zero attached hydrogens (tertiary/aromatic N) is 2. The third-order valence-corrected chi connectivity index (χ3v) is 4.70. The quantitative estimate of drug-likeness (QED) is 0.865. The second-order valence-corrected chi connectivity index (χ2v) is 6.33. The van der Waals surface area contributed by atoms with E-state index >= 15 is 0 Å². The van der Waals surface area contributed by atoms with Gasteiger partial charge in [-0.1, -0.05) is 24.3 Å². The van der Waals surface area contributed by atoms with Gasteiger partial charge in [-0.2, -0.15) is 0 Å². The predicted molar refractivity (Wildman–Crippen MR) is 86.5 cm³/mol. The van der Waals surface area contributed by atoms with Crippen LogP contribution in [0.15, 0.2) is 41.3 Å². The van der Waals surface area contributed by atoms with Gasteiger partial charge < -0.3 is 4.57 Å². The summed E-state index contributed by atoms with van der Waals surface area (Å²) in [5.41, 5.74) is 4.74. The van der Waals surface area contributed by atoms with Crippen LogP contribution in [0.5, 0.6) is 0 Å². The van der Waals surface area contributed by atoms with Crippen molar-refractivity contribution in [2.75, 3.05) is 14.1 Å². The van der Waals surface area contributed by atoms with E-state index in [1.165, 1.54) is 18.4 Å². The zero-order chi connectivity index (χ0) is 15.2. The van der Waals surface area contributed by atoms with E-state index in [1.807, 2.05) is 19.2 Å². The highest BCUT2D eigenvalue weighted by Crippen LogP contribution is 2.49. The molecule has 21 heavy (non-hydrogen) atoms. The molecule has 0 bridgehead atoms. The SMILES string of the molecule is Cc1cc(-c2ccc(C3(N(C)C)CC3)cc2)cn(C)c1=O. The van der Waals surface area contributed by atoms with Gasteiger partial charge in [0.15, 0.2) is 0 Å². The first kappa shape index (κ1) is 14.1. The number of aryl methyl sites for hydroxylation is 2. The third-order valence-electron chi connectivity index (χ3n) is 4.70. The molecule has 1 saturated carbocycles. The van der Waals surface area contributed by atoms with Gasteiger partial charge in [0.05, 0.1) is 0 Å². The summed E-state index contributed by atoms with van der Waals surface area (Å²) in [5.74, 6) is 0. The molecule has 1 aliphatic rings. The standard InChI is InChI=1S/C18H22N2O/c1-13-11-15(12-20(4)17(13)21)14-5-7-16(8-6-14)18(9-10-18)19(2)3/h5-8,11-12H,9-10H2,1-4H3. The van der Waals surface area contributed by atoms with Gasteiger partial charge in [-0.15, -0.1) is 0 Å². The van der Waals surface area contributed by atoms with Crippen LogP contribution < -0.4 is 5.56 Å². The summed E-state index contributed by atoms with van der Waals surface area (Å²) in [4.78, 5) is 14.1. The molecule has 1 heterocycles. The molecule has 1 aromatic heterocycles. The van der Waals surface area contributed by atoms with Gasteiger partial charge in [0.25, 0.3) is 5.56 Å². The summed E-state index contributed by atoms with van der Waals surface area (Å²) in [7, 11) is 6.10. The number of hydrogen-bond acceptors (Lipinski definition) is 2. The Bertz CT molecular complexity index is 696. The van der Waals surface area contributed by atoms with Gasteiger partial charge in [-0.05, 0) is 56.6 Å². The molecule has 0 spiro atoms. The topological polar surface area (TPSA) is 25.2 Å². The van der Waals surface area contributed by atoms with E-state index in [9.17, 15) is 4.79 Å². The normalized spacial score (nSPS) is 16.2. The van der Waals surface area contributed by atoms with Crippen molar-refractivity contribution in [3.63, 3.8) is 0 Å². The Morgan fingerprint density at radius 3 is 2.19 bits per heavy atom. The number of aromatic nitrogens is 1. The summed E-state index contributed by atoms with van der Waals surface area (Å²) >= 11 is 0. The second kappa shape index (κ2) is 4.85. The largest absolute Gasteiger partial charge is 0.318 e. The van der Waals surface area contributed by atoms with Crippen molar-refractivity contribution in [1.29, 1.82) is 0 Å². The summed E-state index contributed by atoms with van der Waals surface area (Å²) in [5, 5.41) is 0. The van der Waals surface area contributed by atoms with E-state index in [1.54, 1.807) is 11.6 Å². The molecular weight excluding hydrogens is 260 g/mol. The third kappa shape index (κ3) is 2.32. The molecule has 3 heteroatoms. The molecule has 3 rings (SSSR count). The number of rotatable bonds is 3. The molecule has 0 N–H and O–H groups in total. The molecule has 110 valence electrons. The van der Waals surface area contributed by atoms with Gasteiger partial charge in [0.2, 0.25) is 0 Å². The van der Waals surface area contributed by atoms with Crippen molar-refractivity contribution < 1.29 is 0 Å². The zero-order valence-corrected chi connectivity index (χ0v) is 13.2. The van der Waals surface area contributed by atoms with Crippen molar-refractivity contribution >= 4 is 0 Å². The van der Waals surface area contributed by atoms with Crippen molar-refractivity contribution in [2.45, 2.75) is 25.3 Å². The molecule has 1 fully saturated rings. The van der Waals surface area contributed by atoms with Crippen LogP contribution >= 0.6 is 0 Å². The minimum atomic E-state index is 0.0694. The maximum atomic E-state index is 11.8. The van der Waals surface area contributed by atoms with Crippen LogP contribution in [0.4, 0.5) is 0 Å². The van der Waals surface area contributed by atoms with E-state index in [0.717, 1.165) is 16.7 Å². The predicted octanol–water partition coefficient (Wildman–Crippen LogP) is 2.91. The molecule has 0 saturated heterocycles. The highest BCUT2D eigenvalue weighted by molar-refractivity contribution is 5.63. The molecule has 0 amide bonds. The minimum Gasteiger partial charge on any atom is -0.318 e. The Balaban J connectivity index is 1.97. The zero-order valence-electron chi connectivity index (χ0n) is 13.2. The molecular formula is C18H22N2O. The fraction of sp³-hybridized carbons (Fsp3) is 0.389. The minimum absolute atomic E-state index is 0.0694. The Morgan fingerprint density at radius 2 is 1.71 bits per heavy atom. The van der Waals surface area contributed by atoms with Crippen LogP contribution in [0, 0.1) is 6.92 Å². The highest BCUT2D eigenvalue weighted by atomic mass is 16.1. The van der Waals surface area contributed by atoms with Crippen LogP contribution in [0.1, 0.15) is 24.0 Å². The first-order valence-electron chi connectivity index (χ1n) is 7.40. The highest BCUT2D eigenvalue weighted by Gasteiger charge is 2.46. The maximum Gasteiger partial charge on any atom is 0.253 e. The molecule has 1 aliphatic carbocycles. The molecule has 0 radical (unpaired) electrons. The maximum absolute atomic E-state index is 11.8. The smallest absolute Gasteiger partial charge is 0.253 e. The van der Waals surface area contributed by atoms with Gasteiger partial charge in [0.1, 0.15) is 0 Å². The van der Waals surface area contributed by atoms with Crippen molar-refractivity contribution in [3.8, 4) is 11.1 Å². The lowest BCUT2D eigenvalue weighted by atomic mass is 9.99. The molecule has 0 unspecified atom stereocenters. The van der Waals surface area contributed by atoms with Crippen LogP contribution in [0.3, 0.4) is 0 Å². The van der Waals surface area contributed by atoms with Crippen molar-refractivity contribution in [3.05, 3.63) is 58.0 Å². The lowest BCUT2D eigenvalue weighted by molar-refractivity contribution is 0.276. The van der Waals surface area contributed by atoms with E-state index in [0.29, 0.717) is 0 Å². The second-order valence-electron chi connectivity index (χ2n) is 6.33. The molecule has 0 aliphatic heterocycles. The van der Waals surface area contributed by atoms with Crippen LogP contribution in [-0.2, 0) is 12.6 Å². The average molecular weight is 282 g/mol. The number of hydrogen-bond donors (Lipinski definition) is 0. The average Bonchev–Trinajstić information content (AvgIpc) is 3.26. The Labute approximate surface area is 125 Å². The fourth-order valence-electron chi connectivity index (χ4n) is 3.12. The Morgan fingerprint density at radius 1 is 1.10 bits per heavy atom. The summed E-state index contributed by atoms with van der Waals surface area (Å²) in [6.45, 7) is 1.87. The van der Waals surface area contributed by atoms with E-state index in [-0.39, 0.29) is 11.1 Å². The van der Waals surface area contributed by atoms with Crippen LogP contribution in [0.2, 0.25) is 0 Å². The molecule has 3 nitrogen and oxygen atoms in total. The van der Waals surface area contributed by atoms with Gasteiger partial charge in [0, 0.05) is 24.3 Å². The van der Waals surface area contributed by atoms with E-state index in [2.05, 4.69) is 43.3 Å². The Kier molecular flexibility index (Phi) is 3.25. The monoisotopic (exact) mass is 282 g/mol. The van der Waals surface area contributed by atoms with Gasteiger partial charge >= 0.3 is 0 Å². The summed E-state index contributed by atoms with van der Waals surface area (Å²) in [6, 6.07) is 10.7. The van der Waals surface area contributed by atoms with Crippen LogP contribution in [0.25, 0.3) is 11.1 Å². The van der Waals surface area contributed by atoms with Gasteiger partial charge in [-0.3, -0.25) is 9.69 Å². The molecule has 1 aromatic carbocycles. The number of benzene rings is 1. The first-order chi connectivity index (χ1) is 9.94. The molecule has 0 atom stereocenters. The van der Waals surface area contributed by atoms with Crippen LogP contribution in [-0.4, -0.2) is 23.6 Å². The van der Waals surface area contributed by atoms with Gasteiger partial charge in [-0.25, -0.2) is 0 Å². The van der Waals surface area contributed by atoms with E-state index in [4.69, 9.17) is 0 Å². The lowest BCUT2D eigenvalue weighted by Crippen LogP contribution is -2.27. The van der Waals surface area contributed by atoms with E-state index < -0.39 is 0 Å². The first-order valence-corrected chi connectivity index (χ1v) is 7.40. The summed E-state index contributed by atoms with van der Waals surface area (Å²) < 4.78 is 1.65. The molecule has 2 aromatic rings. The number of pyridine rings is 1. The van der Waals surface area contributed by atoms with Crippen molar-refractivity contribution in [1.82, 2.24) is 9.47 Å². The van der Waals surface area contributed by atoms with Crippen molar-refractivity contribution in [2.24, 2.45) is 7.05 Å². The fourth-order valence-corrected chi connectivity index (χ4v) is 3.12. The Hall–Kier alpha value is -1.87. The lowest BCUT2D eigenvalue weighted by Gasteiger charge is -2.24.